The van der Waals surface area contributed by atoms with Gasteiger partial charge in [0.15, 0.2) is 0 Å². The second-order valence-electron chi connectivity index (χ2n) is 4.15. The fourth-order valence-corrected chi connectivity index (χ4v) is 1.79. The van der Waals surface area contributed by atoms with E-state index in [1.54, 1.807) is 13.1 Å². The number of hydrogen-bond donors (Lipinski definition) is 1. The van der Waals surface area contributed by atoms with E-state index >= 15 is 0 Å². The first kappa shape index (κ1) is 13.5. The number of anilines is 1. The molecule has 0 aliphatic heterocycles. The van der Waals surface area contributed by atoms with Crippen LogP contribution in [-0.4, -0.2) is 16.5 Å². The lowest BCUT2D eigenvalue weighted by Gasteiger charge is -2.07. The highest BCUT2D eigenvalue weighted by molar-refractivity contribution is 5.46. The molecule has 0 unspecified atom stereocenters. The van der Waals surface area contributed by atoms with Crippen LogP contribution in [-0.2, 0) is 13.1 Å². The molecule has 0 saturated heterocycles. The highest BCUT2D eigenvalue weighted by atomic mass is 19.1. The Bertz CT molecular complexity index is 566. The highest BCUT2D eigenvalue weighted by Gasteiger charge is 2.08. The fraction of sp³-hybridized carbons (Fsp3) is 0.308. The molecular weight excluding hydrogens is 255 g/mol. The summed E-state index contributed by atoms with van der Waals surface area (Å²) in [6.07, 6.45) is 1.54. The molecule has 1 N–H and O–H groups in total. The van der Waals surface area contributed by atoms with E-state index in [0.717, 1.165) is 23.9 Å². The quantitative estimate of drug-likeness (QED) is 0.904. The summed E-state index contributed by atoms with van der Waals surface area (Å²) >= 11 is 0. The molecule has 0 fully saturated rings. The van der Waals surface area contributed by atoms with Crippen LogP contribution in [0.25, 0.3) is 0 Å². The van der Waals surface area contributed by atoms with Crippen LogP contribution in [0, 0.1) is 18.6 Å². The molecule has 0 aliphatic carbocycles. The van der Waals surface area contributed by atoms with Gasteiger partial charge in [0.25, 0.3) is 0 Å². The van der Waals surface area contributed by atoms with Crippen LogP contribution in [0.5, 0.6) is 0 Å². The summed E-state index contributed by atoms with van der Waals surface area (Å²) in [4.78, 5) is 0. The second-order valence-corrected chi connectivity index (χ2v) is 4.15. The van der Waals surface area contributed by atoms with Crippen LogP contribution in [0.2, 0.25) is 0 Å². The van der Waals surface area contributed by atoms with Gasteiger partial charge in [0.2, 0.25) is 0 Å². The van der Waals surface area contributed by atoms with E-state index in [1.807, 2.05) is 0 Å². The predicted octanol–water partition coefficient (Wildman–Crippen LogP) is 3.05. The van der Waals surface area contributed by atoms with Gasteiger partial charge in [-0.3, -0.25) is 4.68 Å². The first-order valence-electron chi connectivity index (χ1n) is 5.88. The van der Waals surface area contributed by atoms with Crippen molar-refractivity contribution < 1.29 is 13.2 Å². The number of nitrogens with zero attached hydrogens (tertiary/aromatic N) is 2. The normalized spacial score (nSPS) is 10.7. The summed E-state index contributed by atoms with van der Waals surface area (Å²) in [5.74, 6) is -0.953. The lowest BCUT2D eigenvalue weighted by Crippen LogP contribution is -2.06. The summed E-state index contributed by atoms with van der Waals surface area (Å²) < 4.78 is 40.2. The standard InChI is InChI=1S/C13H14F3N3/c1-9-13(8-18-19(9)5-4-14)17-7-10-6-11(15)2-3-12(10)16/h2-3,6,8,17H,4-5,7H2,1H3. The minimum Gasteiger partial charge on any atom is -0.378 e. The number of rotatable bonds is 5. The van der Waals surface area contributed by atoms with Crippen LogP contribution in [0.1, 0.15) is 11.3 Å². The molecule has 0 amide bonds. The molecule has 6 heteroatoms. The molecule has 0 spiro atoms. The average molecular weight is 269 g/mol. The fourth-order valence-electron chi connectivity index (χ4n) is 1.79. The summed E-state index contributed by atoms with van der Waals surface area (Å²) in [5, 5.41) is 6.97. The Hall–Kier alpha value is -1.98. The van der Waals surface area contributed by atoms with Gasteiger partial charge in [0.1, 0.15) is 18.3 Å². The van der Waals surface area contributed by atoms with Crippen LogP contribution >= 0.6 is 0 Å². The van der Waals surface area contributed by atoms with Crippen LogP contribution in [0.15, 0.2) is 24.4 Å². The maximum atomic E-state index is 13.4. The summed E-state index contributed by atoms with van der Waals surface area (Å²) in [6, 6.07) is 3.30. The molecule has 102 valence electrons. The first-order valence-corrected chi connectivity index (χ1v) is 5.88. The van der Waals surface area contributed by atoms with Gasteiger partial charge in [-0.25, -0.2) is 13.2 Å². The Morgan fingerprint density at radius 1 is 1.32 bits per heavy atom. The highest BCUT2D eigenvalue weighted by Crippen LogP contribution is 2.16. The topological polar surface area (TPSA) is 29.9 Å². The van der Waals surface area contributed by atoms with Crippen LogP contribution in [0.4, 0.5) is 18.9 Å². The minimum atomic E-state index is -0.500. The van der Waals surface area contributed by atoms with E-state index in [2.05, 4.69) is 10.4 Å². The van der Waals surface area contributed by atoms with Crippen molar-refractivity contribution >= 4 is 5.69 Å². The number of aromatic nitrogens is 2. The Morgan fingerprint density at radius 2 is 2.11 bits per heavy atom. The van der Waals surface area contributed by atoms with Crippen molar-refractivity contribution in [3.63, 3.8) is 0 Å². The Morgan fingerprint density at radius 3 is 2.84 bits per heavy atom. The largest absolute Gasteiger partial charge is 0.378 e. The van der Waals surface area contributed by atoms with E-state index in [4.69, 9.17) is 0 Å². The minimum absolute atomic E-state index is 0.145. The van der Waals surface area contributed by atoms with Crippen molar-refractivity contribution in [3.8, 4) is 0 Å². The SMILES string of the molecule is Cc1c(NCc2cc(F)ccc2F)cnn1CCF. The van der Waals surface area contributed by atoms with Crippen molar-refractivity contribution in [1.82, 2.24) is 9.78 Å². The maximum absolute atomic E-state index is 13.4. The van der Waals surface area contributed by atoms with Crippen molar-refractivity contribution in [2.45, 2.75) is 20.0 Å². The van der Waals surface area contributed by atoms with Gasteiger partial charge in [-0.15, -0.1) is 0 Å². The van der Waals surface area contributed by atoms with Crippen molar-refractivity contribution in [2.75, 3.05) is 12.0 Å². The molecule has 1 heterocycles. The van der Waals surface area contributed by atoms with Gasteiger partial charge in [0.05, 0.1) is 24.1 Å². The van der Waals surface area contributed by atoms with Gasteiger partial charge in [-0.05, 0) is 25.1 Å². The van der Waals surface area contributed by atoms with Gasteiger partial charge >= 0.3 is 0 Å². The number of nitrogens with one attached hydrogen (secondary N) is 1. The molecule has 2 rings (SSSR count). The molecule has 19 heavy (non-hydrogen) atoms. The second kappa shape index (κ2) is 5.77. The van der Waals surface area contributed by atoms with E-state index in [-0.39, 0.29) is 18.7 Å². The molecule has 2 aromatic rings. The lowest BCUT2D eigenvalue weighted by atomic mass is 10.2. The maximum Gasteiger partial charge on any atom is 0.128 e. The molecule has 1 aromatic heterocycles. The summed E-state index contributed by atoms with van der Waals surface area (Å²) in [6.45, 7) is 1.61. The molecule has 0 saturated carbocycles. The summed E-state index contributed by atoms with van der Waals surface area (Å²) in [5.41, 5.74) is 1.67. The molecule has 0 radical (unpaired) electrons. The van der Waals surface area contributed by atoms with Crippen LogP contribution in [0.3, 0.4) is 0 Å². The van der Waals surface area contributed by atoms with Gasteiger partial charge < -0.3 is 5.32 Å². The van der Waals surface area contributed by atoms with Gasteiger partial charge in [-0.1, -0.05) is 0 Å². The van der Waals surface area contributed by atoms with Gasteiger partial charge in [0, 0.05) is 12.1 Å². The number of aryl methyl sites for hydroxylation is 1. The number of hydrogen-bond acceptors (Lipinski definition) is 2. The van der Waals surface area contributed by atoms with E-state index < -0.39 is 18.3 Å². The molecule has 3 nitrogen and oxygen atoms in total. The van der Waals surface area contributed by atoms with Gasteiger partial charge in [-0.2, -0.15) is 5.10 Å². The number of benzene rings is 1. The Kier molecular flexibility index (Phi) is 4.09. The molecule has 0 aliphatic rings. The monoisotopic (exact) mass is 269 g/mol. The zero-order valence-electron chi connectivity index (χ0n) is 10.5. The molecule has 1 aromatic carbocycles. The molecular formula is C13H14F3N3. The lowest BCUT2D eigenvalue weighted by molar-refractivity contribution is 0.423. The molecule has 0 bridgehead atoms. The van der Waals surface area contributed by atoms with Crippen LogP contribution < -0.4 is 5.32 Å². The van der Waals surface area contributed by atoms with E-state index in [9.17, 15) is 13.2 Å². The number of halogens is 3. The van der Waals surface area contributed by atoms with E-state index in [1.165, 1.54) is 4.68 Å². The third-order valence-electron chi connectivity index (χ3n) is 2.88. The first-order chi connectivity index (χ1) is 9.11. The Labute approximate surface area is 109 Å². The zero-order valence-corrected chi connectivity index (χ0v) is 10.5. The van der Waals surface area contributed by atoms with Crippen molar-refractivity contribution in [3.05, 3.63) is 47.3 Å². The zero-order chi connectivity index (χ0) is 13.8. The average Bonchev–Trinajstić information content (AvgIpc) is 2.73. The third kappa shape index (κ3) is 3.07. The predicted molar refractivity (Wildman–Crippen MR) is 66.6 cm³/mol. The Balaban J connectivity index is 2.08. The summed E-state index contributed by atoms with van der Waals surface area (Å²) in [7, 11) is 0. The molecule has 0 atom stereocenters. The number of alkyl halides is 1. The smallest absolute Gasteiger partial charge is 0.128 e. The van der Waals surface area contributed by atoms with Crippen molar-refractivity contribution in [2.24, 2.45) is 0 Å². The third-order valence-corrected chi connectivity index (χ3v) is 2.88. The van der Waals surface area contributed by atoms with Crippen molar-refractivity contribution in [1.29, 1.82) is 0 Å². The van der Waals surface area contributed by atoms with E-state index in [0.29, 0.717) is 5.69 Å².